The van der Waals surface area contributed by atoms with Gasteiger partial charge in [-0.2, -0.15) is 0 Å². The Morgan fingerprint density at radius 3 is 1.55 bits per heavy atom. The van der Waals surface area contributed by atoms with E-state index in [0.29, 0.717) is 17.7 Å². The first-order chi connectivity index (χ1) is 25.1. The van der Waals surface area contributed by atoms with Crippen molar-refractivity contribution in [3.05, 3.63) is 82.3 Å². The van der Waals surface area contributed by atoms with Crippen LogP contribution in [0.3, 0.4) is 0 Å². The zero-order valence-corrected chi connectivity index (χ0v) is 36.7. The Kier molecular flexibility index (Phi) is 27.2. The predicted octanol–water partition coefficient (Wildman–Crippen LogP) is 13.8. The number of ether oxygens (including phenoxy) is 1. The molecule has 0 amide bonds. The van der Waals surface area contributed by atoms with Gasteiger partial charge in [0.2, 0.25) is 5.88 Å². The van der Waals surface area contributed by atoms with E-state index in [4.69, 9.17) is 9.53 Å². The molecule has 0 unspecified atom stereocenters. The average molecular weight is 730 g/mol. The maximum Gasteiger partial charge on any atom is 0.221 e. The van der Waals surface area contributed by atoms with E-state index in [9.17, 15) is 4.79 Å². The monoisotopic (exact) mass is 730 g/mol. The van der Waals surface area contributed by atoms with Crippen LogP contribution < -0.4 is 4.74 Å². The van der Waals surface area contributed by atoms with Crippen LogP contribution in [0.25, 0.3) is 32.9 Å². The first-order valence-corrected chi connectivity index (χ1v) is 19.6. The van der Waals surface area contributed by atoms with Gasteiger partial charge in [-0.3, -0.25) is 0 Å². The Morgan fingerprint density at radius 1 is 0.698 bits per heavy atom. The van der Waals surface area contributed by atoms with Crippen molar-refractivity contribution in [1.29, 1.82) is 0 Å². The molecule has 0 fully saturated rings. The molecule has 0 saturated carbocycles. The number of fused-ring (bicyclic) bond motifs is 2. The van der Waals surface area contributed by atoms with Crippen LogP contribution in [0.4, 0.5) is 0 Å². The van der Waals surface area contributed by atoms with E-state index in [-0.39, 0.29) is 0 Å². The molecular formula is C47H75N3O3. The lowest BCUT2D eigenvalue weighted by Crippen LogP contribution is -1.94. The van der Waals surface area contributed by atoms with Gasteiger partial charge < -0.3 is 24.3 Å². The summed E-state index contributed by atoms with van der Waals surface area (Å²) in [6, 6.07) is 17.4. The molecule has 0 aliphatic rings. The Bertz CT molecular complexity index is 1710. The van der Waals surface area contributed by atoms with Gasteiger partial charge in [0.25, 0.3) is 0 Å². The molecule has 5 aromatic rings. The van der Waals surface area contributed by atoms with E-state index in [1.807, 2.05) is 33.8 Å². The van der Waals surface area contributed by atoms with E-state index in [1.54, 1.807) is 7.11 Å². The van der Waals surface area contributed by atoms with Crippen molar-refractivity contribution in [2.75, 3.05) is 7.11 Å². The molecule has 0 aliphatic carbocycles. The predicted molar refractivity (Wildman–Crippen MR) is 234 cm³/mol. The second-order valence-corrected chi connectivity index (χ2v) is 14.2. The van der Waals surface area contributed by atoms with Crippen LogP contribution in [0.1, 0.15) is 143 Å². The number of carbonyl (C=O) groups excluding carboxylic acids is 2. The van der Waals surface area contributed by atoms with Gasteiger partial charge in [-0.05, 0) is 112 Å². The third kappa shape index (κ3) is 19.5. The third-order valence-corrected chi connectivity index (χ3v) is 7.61. The summed E-state index contributed by atoms with van der Waals surface area (Å²) in [7, 11) is 1.67. The maximum absolute atomic E-state index is 9.40. The highest BCUT2D eigenvalue weighted by atomic mass is 16.5. The second kappa shape index (κ2) is 28.3. The highest BCUT2D eigenvalue weighted by molar-refractivity contribution is 5.99. The molecule has 0 saturated heterocycles. The summed E-state index contributed by atoms with van der Waals surface area (Å²) in [5, 5.41) is 2.60. The number of benzene rings is 2. The highest BCUT2D eigenvalue weighted by Crippen LogP contribution is 2.37. The van der Waals surface area contributed by atoms with Crippen LogP contribution in [-0.4, -0.2) is 34.6 Å². The van der Waals surface area contributed by atoms with Crippen molar-refractivity contribution in [1.82, 2.24) is 15.0 Å². The molecule has 3 heterocycles. The van der Waals surface area contributed by atoms with Gasteiger partial charge in [-0.1, -0.05) is 101 Å². The number of H-pyrrole nitrogens is 2. The van der Waals surface area contributed by atoms with E-state index in [0.717, 1.165) is 54.3 Å². The molecule has 6 heteroatoms. The highest BCUT2D eigenvalue weighted by Gasteiger charge is 2.16. The Hall–Kier alpha value is -4.19. The Morgan fingerprint density at radius 2 is 1.15 bits per heavy atom. The molecule has 0 atom stereocenters. The fourth-order valence-corrected chi connectivity index (χ4v) is 4.67. The van der Waals surface area contributed by atoms with Gasteiger partial charge in [0, 0.05) is 56.4 Å². The summed E-state index contributed by atoms with van der Waals surface area (Å²) in [4.78, 5) is 29.5. The fraction of sp³-hybridized carbons (Fsp3) is 0.511. The zero-order valence-electron chi connectivity index (χ0n) is 36.7. The number of aromatic nitrogens is 3. The van der Waals surface area contributed by atoms with Gasteiger partial charge in [-0.15, -0.1) is 0 Å². The van der Waals surface area contributed by atoms with Crippen LogP contribution in [-0.2, 0) is 22.4 Å². The number of hydrogen-bond donors (Lipinski definition) is 2. The number of aryl methyl sites for hydroxylation is 6. The number of hydrogen-bond acceptors (Lipinski definition) is 4. The third-order valence-electron chi connectivity index (χ3n) is 7.61. The summed E-state index contributed by atoms with van der Waals surface area (Å²) in [5.41, 5.74) is 12.6. The summed E-state index contributed by atoms with van der Waals surface area (Å²) in [6.45, 7) is 33.3. The first kappa shape index (κ1) is 50.9. The summed E-state index contributed by atoms with van der Waals surface area (Å²) < 4.78 is 5.49. The minimum absolute atomic E-state index is 0.500. The van der Waals surface area contributed by atoms with Gasteiger partial charge in [0.1, 0.15) is 12.6 Å². The molecule has 2 N–H and O–H groups in total. The van der Waals surface area contributed by atoms with Crippen LogP contribution >= 0.6 is 0 Å². The standard InChI is InChI=1S/C18H20N2O.C12H15N.C5H12.C4H8O.C4H10.C2H4O.C2H6/c1-5-13-7-9-16-15(10-13)17(12(3)20-16)14-8-6-11(2)19-18(14)21-4;1-4-10-5-6-12-11(7-10)8(2)9(3)13-12;1-5(2,3)4;1-2-3-4-5;1-3-4-2;1-2-3;1-2/h6-10,20H,5H2,1-4H3;5-7,13H,4H2,1-3H3;1-4H3;4H,2-3H2,1H3;3-4H2,1-2H3;2H,1H3;1-2H3. The van der Waals surface area contributed by atoms with Crippen molar-refractivity contribution in [2.45, 2.75) is 149 Å². The number of rotatable bonds is 7. The average Bonchev–Trinajstić information content (AvgIpc) is 3.62. The van der Waals surface area contributed by atoms with Gasteiger partial charge >= 0.3 is 0 Å². The van der Waals surface area contributed by atoms with Crippen LogP contribution in [0, 0.1) is 33.1 Å². The van der Waals surface area contributed by atoms with E-state index in [1.165, 1.54) is 64.0 Å². The normalized spacial score (nSPS) is 9.83. The molecule has 0 aliphatic heterocycles. The van der Waals surface area contributed by atoms with Gasteiger partial charge in [0.15, 0.2) is 0 Å². The Labute approximate surface area is 324 Å². The summed E-state index contributed by atoms with van der Waals surface area (Å²) >= 11 is 0. The summed E-state index contributed by atoms with van der Waals surface area (Å²) in [6.07, 6.45) is 8.14. The van der Waals surface area contributed by atoms with Crippen molar-refractivity contribution in [2.24, 2.45) is 5.41 Å². The molecular weight excluding hydrogens is 655 g/mol. The second-order valence-electron chi connectivity index (χ2n) is 14.2. The molecule has 296 valence electrons. The molecule has 6 nitrogen and oxygen atoms in total. The molecule has 0 bridgehead atoms. The number of aldehydes is 2. The number of nitrogens with zero attached hydrogens (tertiary/aromatic N) is 1. The molecule has 0 radical (unpaired) electrons. The number of nitrogens with one attached hydrogen (secondary N) is 2. The number of unbranched alkanes of at least 4 members (excludes halogenated alkanes) is 2. The summed E-state index contributed by atoms with van der Waals surface area (Å²) in [5.74, 6) is 0.681. The minimum Gasteiger partial charge on any atom is -0.481 e. The fourth-order valence-electron chi connectivity index (χ4n) is 4.67. The van der Waals surface area contributed by atoms with Gasteiger partial charge in [0.05, 0.1) is 7.11 Å². The number of carbonyl (C=O) groups is 2. The van der Waals surface area contributed by atoms with Crippen molar-refractivity contribution in [3.63, 3.8) is 0 Å². The lowest BCUT2D eigenvalue weighted by molar-refractivity contribution is -0.108. The van der Waals surface area contributed by atoms with Crippen LogP contribution in [0.2, 0.25) is 0 Å². The zero-order chi connectivity index (χ0) is 41.1. The van der Waals surface area contributed by atoms with E-state index in [2.05, 4.69) is 134 Å². The largest absolute Gasteiger partial charge is 0.481 e. The number of aromatic amines is 2. The maximum atomic E-state index is 9.40. The smallest absolute Gasteiger partial charge is 0.221 e. The van der Waals surface area contributed by atoms with Crippen molar-refractivity contribution in [3.8, 4) is 17.0 Å². The molecule has 2 aromatic carbocycles. The minimum atomic E-state index is 0.500. The molecule has 0 spiro atoms. The lowest BCUT2D eigenvalue weighted by atomic mass is 10.0. The quantitative estimate of drug-likeness (QED) is 0.163. The van der Waals surface area contributed by atoms with E-state index >= 15 is 0 Å². The number of methoxy groups -OCH3 is 1. The topological polar surface area (TPSA) is 87.8 Å². The van der Waals surface area contributed by atoms with Crippen molar-refractivity contribution >= 4 is 34.4 Å². The van der Waals surface area contributed by atoms with Crippen LogP contribution in [0.5, 0.6) is 5.88 Å². The Balaban J connectivity index is 0. The van der Waals surface area contributed by atoms with E-state index < -0.39 is 0 Å². The lowest BCUT2D eigenvalue weighted by Gasteiger charge is -2.09. The van der Waals surface area contributed by atoms with Gasteiger partial charge in [-0.25, -0.2) is 4.98 Å². The first-order valence-electron chi connectivity index (χ1n) is 19.6. The molecule has 53 heavy (non-hydrogen) atoms. The molecule has 5 rings (SSSR count). The number of pyridine rings is 1. The molecule has 3 aromatic heterocycles. The van der Waals surface area contributed by atoms with Crippen LogP contribution in [0.15, 0.2) is 48.5 Å². The SMILES string of the molecule is CC.CC(C)(C)C.CC=O.CCCC.CCCC=O.CCc1ccc2[nH]c(C)c(-c3ccc(C)nc3OC)c2c1.CCc1ccc2[nH]c(C)c(C)c2c1. The van der Waals surface area contributed by atoms with Crippen molar-refractivity contribution < 1.29 is 14.3 Å².